The monoisotopic (exact) mass is 353 g/mol. The molecule has 0 spiro atoms. The summed E-state index contributed by atoms with van der Waals surface area (Å²) in [4.78, 5) is 25.6. The highest BCUT2D eigenvalue weighted by Crippen LogP contribution is 2.08. The maximum atomic E-state index is 12.1. The number of carbonyl (C=O) groups excluding carboxylic acids is 2. The number of hydrogen-bond acceptors (Lipinski definition) is 4. The fourth-order valence-corrected chi connectivity index (χ4v) is 3.61. The molecule has 2 amide bonds. The summed E-state index contributed by atoms with van der Waals surface area (Å²) in [6.45, 7) is 2.86. The summed E-state index contributed by atoms with van der Waals surface area (Å²) in [7, 11) is -3.21. The average Bonchev–Trinajstić information content (AvgIpc) is 2.60. The molecule has 0 atom stereocenters. The minimum atomic E-state index is -3.21. The van der Waals surface area contributed by atoms with E-state index in [1.165, 1.54) is 4.31 Å². The third-order valence-corrected chi connectivity index (χ3v) is 5.88. The highest BCUT2D eigenvalue weighted by atomic mass is 32.2. The van der Waals surface area contributed by atoms with Gasteiger partial charge in [0, 0.05) is 26.2 Å². The van der Waals surface area contributed by atoms with Gasteiger partial charge >= 0.3 is 0 Å². The van der Waals surface area contributed by atoms with Gasteiger partial charge in [0.1, 0.15) is 0 Å². The Morgan fingerprint density at radius 2 is 1.71 bits per heavy atom. The first-order chi connectivity index (χ1) is 11.4. The van der Waals surface area contributed by atoms with E-state index in [0.29, 0.717) is 26.2 Å². The number of piperazine rings is 1. The van der Waals surface area contributed by atoms with Crippen LogP contribution in [0.2, 0.25) is 0 Å². The Balaban J connectivity index is 1.75. The predicted octanol–water partition coefficient (Wildman–Crippen LogP) is -0.161. The van der Waals surface area contributed by atoms with Gasteiger partial charge in [-0.2, -0.15) is 4.31 Å². The van der Waals surface area contributed by atoms with Gasteiger partial charge in [-0.05, 0) is 12.5 Å². The third kappa shape index (κ3) is 5.04. The van der Waals surface area contributed by atoms with Gasteiger partial charge in [0.05, 0.1) is 18.7 Å². The van der Waals surface area contributed by atoms with E-state index in [0.717, 1.165) is 5.56 Å². The predicted molar refractivity (Wildman–Crippen MR) is 90.8 cm³/mol. The first-order valence-electron chi connectivity index (χ1n) is 7.98. The van der Waals surface area contributed by atoms with Gasteiger partial charge in [0.2, 0.25) is 21.8 Å². The van der Waals surface area contributed by atoms with Crippen LogP contribution in [0.3, 0.4) is 0 Å². The van der Waals surface area contributed by atoms with Crippen LogP contribution in [-0.4, -0.2) is 67.9 Å². The van der Waals surface area contributed by atoms with E-state index < -0.39 is 10.0 Å². The normalized spacial score (nSPS) is 16.0. The number of sulfonamides is 1. The van der Waals surface area contributed by atoms with Gasteiger partial charge in [-0.3, -0.25) is 9.59 Å². The molecule has 1 fully saturated rings. The third-order valence-electron chi connectivity index (χ3n) is 3.99. The zero-order valence-corrected chi connectivity index (χ0v) is 14.6. The molecule has 7 nitrogen and oxygen atoms in total. The van der Waals surface area contributed by atoms with Crippen molar-refractivity contribution in [3.8, 4) is 0 Å². The van der Waals surface area contributed by atoms with E-state index in [-0.39, 0.29) is 30.5 Å². The molecule has 0 bridgehead atoms. The second-order valence-corrected chi connectivity index (χ2v) is 7.88. The van der Waals surface area contributed by atoms with Crippen molar-refractivity contribution in [3.63, 3.8) is 0 Å². The minimum Gasteiger partial charge on any atom is -0.347 e. The Labute approximate surface area is 142 Å². The van der Waals surface area contributed by atoms with Crippen LogP contribution in [0.15, 0.2) is 30.3 Å². The molecule has 2 rings (SSSR count). The van der Waals surface area contributed by atoms with Gasteiger partial charge in [0.15, 0.2) is 0 Å². The zero-order chi connectivity index (χ0) is 17.6. The van der Waals surface area contributed by atoms with Gasteiger partial charge in [-0.25, -0.2) is 8.42 Å². The molecular weight excluding hydrogens is 330 g/mol. The Morgan fingerprint density at radius 1 is 1.08 bits per heavy atom. The van der Waals surface area contributed by atoms with Crippen LogP contribution >= 0.6 is 0 Å². The molecule has 1 N–H and O–H groups in total. The molecular formula is C16H23N3O4S. The molecule has 0 aliphatic carbocycles. The Hall–Kier alpha value is -1.93. The van der Waals surface area contributed by atoms with Crippen molar-refractivity contribution in [1.29, 1.82) is 0 Å². The fraction of sp³-hybridized carbons (Fsp3) is 0.500. The van der Waals surface area contributed by atoms with Crippen LogP contribution in [-0.2, 0) is 26.0 Å². The molecule has 1 aromatic carbocycles. The van der Waals surface area contributed by atoms with Crippen molar-refractivity contribution in [2.75, 3.05) is 38.5 Å². The lowest BCUT2D eigenvalue weighted by molar-refractivity contribution is -0.133. The van der Waals surface area contributed by atoms with Gasteiger partial charge in [0.25, 0.3) is 0 Å². The Morgan fingerprint density at radius 3 is 2.29 bits per heavy atom. The highest BCUT2D eigenvalue weighted by molar-refractivity contribution is 7.89. The van der Waals surface area contributed by atoms with E-state index in [1.807, 2.05) is 30.3 Å². The number of benzene rings is 1. The number of nitrogens with zero attached hydrogens (tertiary/aromatic N) is 2. The lowest BCUT2D eigenvalue weighted by Gasteiger charge is -2.33. The van der Waals surface area contributed by atoms with E-state index in [9.17, 15) is 18.0 Å². The van der Waals surface area contributed by atoms with Crippen molar-refractivity contribution >= 4 is 21.8 Å². The number of hydrogen-bond donors (Lipinski definition) is 1. The van der Waals surface area contributed by atoms with Crippen molar-refractivity contribution in [1.82, 2.24) is 14.5 Å². The minimum absolute atomic E-state index is 0.0633. The van der Waals surface area contributed by atoms with Crippen LogP contribution in [0.25, 0.3) is 0 Å². The Kier molecular flexibility index (Phi) is 6.33. The molecule has 0 unspecified atom stereocenters. The molecule has 1 aliphatic heterocycles. The van der Waals surface area contributed by atoms with Crippen molar-refractivity contribution in [2.24, 2.45) is 0 Å². The van der Waals surface area contributed by atoms with Gasteiger partial charge in [-0.15, -0.1) is 0 Å². The molecule has 1 aromatic rings. The van der Waals surface area contributed by atoms with Crippen LogP contribution < -0.4 is 5.32 Å². The lowest BCUT2D eigenvalue weighted by Crippen LogP contribution is -2.52. The number of amides is 2. The molecule has 0 radical (unpaired) electrons. The maximum Gasteiger partial charge on any atom is 0.242 e. The van der Waals surface area contributed by atoms with Crippen LogP contribution in [0.4, 0.5) is 0 Å². The first kappa shape index (κ1) is 18.4. The zero-order valence-electron chi connectivity index (χ0n) is 13.8. The number of nitrogens with one attached hydrogen (secondary N) is 1. The smallest absolute Gasteiger partial charge is 0.242 e. The summed E-state index contributed by atoms with van der Waals surface area (Å²) >= 11 is 0. The summed E-state index contributed by atoms with van der Waals surface area (Å²) in [5.74, 6) is -0.331. The molecule has 1 heterocycles. The second-order valence-electron chi connectivity index (χ2n) is 5.62. The van der Waals surface area contributed by atoms with E-state index >= 15 is 0 Å². The summed E-state index contributed by atoms with van der Waals surface area (Å²) in [5.41, 5.74) is 0.890. The summed E-state index contributed by atoms with van der Waals surface area (Å²) in [5, 5.41) is 2.62. The maximum absolute atomic E-state index is 12.1. The standard InChI is InChI=1S/C16H23N3O4S/c1-2-24(22,23)19-10-8-18(9-11-19)16(21)13-17-15(20)12-14-6-4-3-5-7-14/h3-7H,2,8-13H2,1H3,(H,17,20). The van der Waals surface area contributed by atoms with Crippen LogP contribution in [0, 0.1) is 0 Å². The molecule has 24 heavy (non-hydrogen) atoms. The summed E-state index contributed by atoms with van der Waals surface area (Å²) in [6, 6.07) is 9.31. The second kappa shape index (κ2) is 8.25. The first-order valence-corrected chi connectivity index (χ1v) is 9.59. The molecule has 132 valence electrons. The van der Waals surface area contributed by atoms with Gasteiger partial charge < -0.3 is 10.2 Å². The summed E-state index contributed by atoms with van der Waals surface area (Å²) < 4.78 is 25.0. The molecule has 0 aromatic heterocycles. The van der Waals surface area contributed by atoms with E-state index in [4.69, 9.17) is 0 Å². The van der Waals surface area contributed by atoms with E-state index in [2.05, 4.69) is 5.32 Å². The molecule has 1 saturated heterocycles. The SMILES string of the molecule is CCS(=O)(=O)N1CCN(C(=O)CNC(=O)Cc2ccccc2)CC1. The van der Waals surface area contributed by atoms with Crippen molar-refractivity contribution in [3.05, 3.63) is 35.9 Å². The lowest BCUT2D eigenvalue weighted by atomic mass is 10.1. The van der Waals surface area contributed by atoms with Gasteiger partial charge in [-0.1, -0.05) is 30.3 Å². The fourth-order valence-electron chi connectivity index (χ4n) is 2.53. The van der Waals surface area contributed by atoms with Crippen molar-refractivity contribution in [2.45, 2.75) is 13.3 Å². The van der Waals surface area contributed by atoms with E-state index in [1.54, 1.807) is 11.8 Å². The number of rotatable bonds is 6. The molecule has 8 heteroatoms. The highest BCUT2D eigenvalue weighted by Gasteiger charge is 2.27. The van der Waals surface area contributed by atoms with Crippen LogP contribution in [0.5, 0.6) is 0 Å². The quantitative estimate of drug-likeness (QED) is 0.770. The topological polar surface area (TPSA) is 86.8 Å². The largest absolute Gasteiger partial charge is 0.347 e. The number of carbonyl (C=O) groups is 2. The van der Waals surface area contributed by atoms with Crippen molar-refractivity contribution < 1.29 is 18.0 Å². The molecule has 0 saturated carbocycles. The average molecular weight is 353 g/mol. The molecule has 1 aliphatic rings. The Bertz CT molecular complexity index is 668. The summed E-state index contributed by atoms with van der Waals surface area (Å²) in [6.07, 6.45) is 0.233. The van der Waals surface area contributed by atoms with Crippen LogP contribution in [0.1, 0.15) is 12.5 Å².